The smallest absolute Gasteiger partial charge is 0.119 e. The van der Waals surface area contributed by atoms with Crippen molar-refractivity contribution in [2.75, 3.05) is 0 Å². The van der Waals surface area contributed by atoms with Gasteiger partial charge in [-0.2, -0.15) is 0 Å². The number of hydrogen-bond donors (Lipinski definition) is 1. The molecule has 0 unspecified atom stereocenters. The SMILES string of the molecule is CCCCC[C@H](C)c1ccccc1O. The van der Waals surface area contributed by atoms with E-state index in [9.17, 15) is 5.11 Å². The molecule has 0 amide bonds. The fourth-order valence-electron chi connectivity index (χ4n) is 1.76. The van der Waals surface area contributed by atoms with E-state index in [1.807, 2.05) is 18.2 Å². The minimum Gasteiger partial charge on any atom is -0.508 e. The Labute approximate surface area is 86.8 Å². The molecule has 0 saturated heterocycles. The van der Waals surface area contributed by atoms with Gasteiger partial charge >= 0.3 is 0 Å². The Morgan fingerprint density at radius 2 is 1.93 bits per heavy atom. The summed E-state index contributed by atoms with van der Waals surface area (Å²) in [6.45, 7) is 4.40. The van der Waals surface area contributed by atoms with E-state index in [0.717, 1.165) is 5.56 Å². The minimum atomic E-state index is 0.441. The molecule has 1 aromatic carbocycles. The van der Waals surface area contributed by atoms with Gasteiger partial charge in [-0.1, -0.05) is 51.3 Å². The molecule has 0 aliphatic carbocycles. The average molecular weight is 192 g/mol. The van der Waals surface area contributed by atoms with Gasteiger partial charge in [-0.05, 0) is 24.0 Å². The highest BCUT2D eigenvalue weighted by Gasteiger charge is 2.08. The van der Waals surface area contributed by atoms with Crippen LogP contribution in [0.15, 0.2) is 24.3 Å². The predicted molar refractivity (Wildman–Crippen MR) is 60.7 cm³/mol. The highest BCUT2D eigenvalue weighted by Crippen LogP contribution is 2.28. The normalized spacial score (nSPS) is 12.7. The van der Waals surface area contributed by atoms with Crippen molar-refractivity contribution in [1.82, 2.24) is 0 Å². The summed E-state index contributed by atoms with van der Waals surface area (Å²) in [5.74, 6) is 0.916. The first-order valence-corrected chi connectivity index (χ1v) is 5.53. The van der Waals surface area contributed by atoms with E-state index >= 15 is 0 Å². The molecular weight excluding hydrogens is 172 g/mol. The molecule has 78 valence electrons. The standard InChI is InChI=1S/C13H20O/c1-3-4-5-8-11(2)12-9-6-7-10-13(12)14/h6-7,9-11,14H,3-5,8H2,1-2H3/t11-/m0/s1. The summed E-state index contributed by atoms with van der Waals surface area (Å²) in [6, 6.07) is 7.65. The number of benzene rings is 1. The Hall–Kier alpha value is -0.980. The zero-order chi connectivity index (χ0) is 10.4. The lowest BCUT2D eigenvalue weighted by Crippen LogP contribution is -1.93. The monoisotopic (exact) mass is 192 g/mol. The number of unbranched alkanes of at least 4 members (excludes halogenated alkanes) is 2. The third kappa shape index (κ3) is 3.06. The second-order valence-corrected chi connectivity index (χ2v) is 3.96. The van der Waals surface area contributed by atoms with Crippen molar-refractivity contribution in [3.8, 4) is 5.75 Å². The molecule has 1 aromatic rings. The quantitative estimate of drug-likeness (QED) is 0.697. The Kier molecular flexibility index (Phi) is 4.51. The molecule has 0 aliphatic heterocycles. The molecule has 0 bridgehead atoms. The van der Waals surface area contributed by atoms with Gasteiger partial charge in [-0.25, -0.2) is 0 Å². The lowest BCUT2D eigenvalue weighted by atomic mass is 9.94. The van der Waals surface area contributed by atoms with Gasteiger partial charge in [-0.3, -0.25) is 0 Å². The van der Waals surface area contributed by atoms with E-state index in [2.05, 4.69) is 13.8 Å². The molecular formula is C13H20O. The van der Waals surface area contributed by atoms with Crippen LogP contribution < -0.4 is 0 Å². The molecule has 0 aromatic heterocycles. The van der Waals surface area contributed by atoms with E-state index < -0.39 is 0 Å². The van der Waals surface area contributed by atoms with Crippen molar-refractivity contribution < 1.29 is 5.11 Å². The molecule has 0 fully saturated rings. The molecule has 0 heterocycles. The molecule has 1 N–H and O–H groups in total. The van der Waals surface area contributed by atoms with Crippen molar-refractivity contribution in [3.05, 3.63) is 29.8 Å². The Balaban J connectivity index is 2.51. The van der Waals surface area contributed by atoms with Crippen molar-refractivity contribution >= 4 is 0 Å². The van der Waals surface area contributed by atoms with Crippen LogP contribution in [0.25, 0.3) is 0 Å². The van der Waals surface area contributed by atoms with E-state index in [1.165, 1.54) is 25.7 Å². The molecule has 1 heteroatoms. The topological polar surface area (TPSA) is 20.2 Å². The van der Waals surface area contributed by atoms with Crippen LogP contribution in [0.2, 0.25) is 0 Å². The summed E-state index contributed by atoms with van der Waals surface area (Å²) in [4.78, 5) is 0. The molecule has 0 radical (unpaired) electrons. The second-order valence-electron chi connectivity index (χ2n) is 3.96. The van der Waals surface area contributed by atoms with Gasteiger partial charge < -0.3 is 5.11 Å². The number of rotatable bonds is 5. The van der Waals surface area contributed by atoms with E-state index in [4.69, 9.17) is 0 Å². The molecule has 1 rings (SSSR count). The average Bonchev–Trinajstić information content (AvgIpc) is 2.18. The molecule has 1 nitrogen and oxygen atoms in total. The highest BCUT2D eigenvalue weighted by atomic mass is 16.3. The summed E-state index contributed by atoms with van der Waals surface area (Å²) in [5.41, 5.74) is 1.09. The van der Waals surface area contributed by atoms with E-state index in [0.29, 0.717) is 11.7 Å². The van der Waals surface area contributed by atoms with Crippen molar-refractivity contribution in [3.63, 3.8) is 0 Å². The van der Waals surface area contributed by atoms with Crippen molar-refractivity contribution in [1.29, 1.82) is 0 Å². The summed E-state index contributed by atoms with van der Waals surface area (Å²) in [7, 11) is 0. The van der Waals surface area contributed by atoms with Crippen LogP contribution in [0.3, 0.4) is 0 Å². The van der Waals surface area contributed by atoms with Crippen LogP contribution >= 0.6 is 0 Å². The Morgan fingerprint density at radius 3 is 2.57 bits per heavy atom. The van der Waals surface area contributed by atoms with Crippen LogP contribution in [-0.2, 0) is 0 Å². The zero-order valence-electron chi connectivity index (χ0n) is 9.16. The highest BCUT2D eigenvalue weighted by molar-refractivity contribution is 5.34. The largest absolute Gasteiger partial charge is 0.508 e. The predicted octanol–water partition coefficient (Wildman–Crippen LogP) is 4.08. The minimum absolute atomic E-state index is 0.441. The fourth-order valence-corrected chi connectivity index (χ4v) is 1.76. The summed E-state index contributed by atoms with van der Waals surface area (Å²) >= 11 is 0. The third-order valence-electron chi connectivity index (χ3n) is 2.71. The van der Waals surface area contributed by atoms with Crippen LogP contribution in [0, 0.1) is 0 Å². The van der Waals surface area contributed by atoms with E-state index in [1.54, 1.807) is 6.07 Å². The maximum Gasteiger partial charge on any atom is 0.119 e. The molecule has 0 saturated carbocycles. The maximum absolute atomic E-state index is 9.64. The molecule has 0 aliphatic rings. The van der Waals surface area contributed by atoms with Gasteiger partial charge in [-0.15, -0.1) is 0 Å². The van der Waals surface area contributed by atoms with Crippen LogP contribution in [0.5, 0.6) is 5.75 Å². The maximum atomic E-state index is 9.64. The molecule has 1 atom stereocenters. The first-order valence-electron chi connectivity index (χ1n) is 5.53. The van der Waals surface area contributed by atoms with E-state index in [-0.39, 0.29) is 0 Å². The number of hydrogen-bond acceptors (Lipinski definition) is 1. The van der Waals surface area contributed by atoms with Crippen LogP contribution in [-0.4, -0.2) is 5.11 Å². The van der Waals surface area contributed by atoms with Crippen LogP contribution in [0.4, 0.5) is 0 Å². The van der Waals surface area contributed by atoms with Gasteiger partial charge in [0.05, 0.1) is 0 Å². The van der Waals surface area contributed by atoms with Gasteiger partial charge in [0.15, 0.2) is 0 Å². The van der Waals surface area contributed by atoms with Gasteiger partial charge in [0, 0.05) is 0 Å². The third-order valence-corrected chi connectivity index (χ3v) is 2.71. The Bertz CT molecular complexity index is 268. The van der Waals surface area contributed by atoms with Crippen molar-refractivity contribution in [2.45, 2.75) is 45.4 Å². The van der Waals surface area contributed by atoms with Gasteiger partial charge in [0.2, 0.25) is 0 Å². The molecule has 14 heavy (non-hydrogen) atoms. The number of para-hydroxylation sites is 1. The van der Waals surface area contributed by atoms with Gasteiger partial charge in [0.1, 0.15) is 5.75 Å². The first-order chi connectivity index (χ1) is 6.75. The fraction of sp³-hybridized carbons (Fsp3) is 0.538. The van der Waals surface area contributed by atoms with Crippen LogP contribution in [0.1, 0.15) is 51.0 Å². The summed E-state index contributed by atoms with van der Waals surface area (Å²) < 4.78 is 0. The van der Waals surface area contributed by atoms with Crippen molar-refractivity contribution in [2.24, 2.45) is 0 Å². The summed E-state index contributed by atoms with van der Waals surface area (Å²) in [6.07, 6.45) is 4.98. The molecule has 0 spiro atoms. The number of phenols is 1. The lowest BCUT2D eigenvalue weighted by molar-refractivity contribution is 0.458. The first kappa shape index (κ1) is 11.1. The van der Waals surface area contributed by atoms with Gasteiger partial charge in [0.25, 0.3) is 0 Å². The summed E-state index contributed by atoms with van der Waals surface area (Å²) in [5, 5.41) is 9.64. The second kappa shape index (κ2) is 5.69. The zero-order valence-corrected chi connectivity index (χ0v) is 9.16. The number of phenolic OH excluding ortho intramolecular Hbond substituents is 1. The Morgan fingerprint density at radius 1 is 1.21 bits per heavy atom. The number of aromatic hydroxyl groups is 1. The lowest BCUT2D eigenvalue weighted by Gasteiger charge is -2.12.